The molecule has 2 aliphatic carbocycles. The number of ketones is 1. The first-order valence-electron chi connectivity index (χ1n) is 9.38. The summed E-state index contributed by atoms with van der Waals surface area (Å²) in [5.74, 6) is -1.79. The van der Waals surface area contributed by atoms with E-state index in [4.69, 9.17) is 23.7 Å². The highest BCUT2D eigenvalue weighted by molar-refractivity contribution is 6.05. The number of fused-ring (bicyclic) bond motifs is 2. The Kier molecular flexibility index (Phi) is 5.71. The van der Waals surface area contributed by atoms with Crippen molar-refractivity contribution in [3.05, 3.63) is 41.2 Å². The highest BCUT2D eigenvalue weighted by Gasteiger charge is 2.58. The van der Waals surface area contributed by atoms with E-state index >= 15 is 0 Å². The summed E-state index contributed by atoms with van der Waals surface area (Å²) in [7, 11) is 6.69. The fourth-order valence-corrected chi connectivity index (χ4v) is 4.53. The maximum atomic E-state index is 12.9. The molecule has 0 amide bonds. The molecule has 31 heavy (non-hydrogen) atoms. The molecule has 0 radical (unpaired) electrons. The van der Waals surface area contributed by atoms with E-state index in [0.29, 0.717) is 28.4 Å². The lowest BCUT2D eigenvalue weighted by Crippen LogP contribution is -2.51. The molecule has 1 spiro atoms. The third-order valence-corrected chi connectivity index (χ3v) is 5.79. The summed E-state index contributed by atoms with van der Waals surface area (Å²) in [5, 5.41) is 10.3. The second-order valence-corrected chi connectivity index (χ2v) is 7.37. The second-order valence-electron chi connectivity index (χ2n) is 7.37. The predicted octanol–water partition coefficient (Wildman–Crippen LogP) is 1.81. The van der Waals surface area contributed by atoms with Crippen molar-refractivity contribution in [2.24, 2.45) is 5.41 Å². The Balaban J connectivity index is 2.44. The SMILES string of the molecule is COC(=O)C1(C(=O)OC)Cc2cc(OC)c(OC)c(OC)c2C2(C=CC(=O)C(O)=C2)C1. The van der Waals surface area contributed by atoms with Crippen LogP contribution in [-0.4, -0.2) is 58.4 Å². The number of methoxy groups -OCH3 is 5. The van der Waals surface area contributed by atoms with Crippen LogP contribution in [0.15, 0.2) is 30.1 Å². The van der Waals surface area contributed by atoms with Crippen molar-refractivity contribution in [1.82, 2.24) is 0 Å². The molecule has 3 rings (SSSR count). The second kappa shape index (κ2) is 7.98. The van der Waals surface area contributed by atoms with Crippen LogP contribution in [0.2, 0.25) is 0 Å². The van der Waals surface area contributed by atoms with Crippen LogP contribution in [0.3, 0.4) is 0 Å². The standard InChI is InChI=1S/C22H24O9/c1-27-15-8-12-9-22(19(25)30-4,20(26)31-5)11-21(7-6-13(23)14(24)10-21)16(12)18(29-3)17(15)28-2/h6-8,10,24H,9,11H2,1-5H3. The largest absolute Gasteiger partial charge is 0.504 e. The molecule has 9 nitrogen and oxygen atoms in total. The molecular formula is C22H24O9. The van der Waals surface area contributed by atoms with Gasteiger partial charge in [-0.05, 0) is 36.6 Å². The van der Waals surface area contributed by atoms with E-state index in [-0.39, 0.29) is 12.8 Å². The molecule has 1 aromatic carbocycles. The minimum Gasteiger partial charge on any atom is -0.504 e. The average Bonchev–Trinajstić information content (AvgIpc) is 2.78. The van der Waals surface area contributed by atoms with Crippen molar-refractivity contribution >= 4 is 17.7 Å². The summed E-state index contributed by atoms with van der Waals surface area (Å²) >= 11 is 0. The molecule has 0 heterocycles. The number of ether oxygens (including phenoxy) is 5. The normalized spacial score (nSPS) is 21.1. The number of aliphatic hydroxyl groups excluding tert-OH is 1. The van der Waals surface area contributed by atoms with Gasteiger partial charge in [-0.15, -0.1) is 0 Å². The predicted molar refractivity (Wildman–Crippen MR) is 107 cm³/mol. The van der Waals surface area contributed by atoms with Gasteiger partial charge in [0, 0.05) is 11.0 Å². The lowest BCUT2D eigenvalue weighted by atomic mass is 9.58. The molecule has 0 saturated heterocycles. The fourth-order valence-electron chi connectivity index (χ4n) is 4.53. The Morgan fingerprint density at radius 3 is 2.06 bits per heavy atom. The smallest absolute Gasteiger partial charge is 0.323 e. The van der Waals surface area contributed by atoms with Gasteiger partial charge in [-0.2, -0.15) is 0 Å². The maximum absolute atomic E-state index is 12.9. The first-order valence-corrected chi connectivity index (χ1v) is 9.38. The zero-order chi connectivity index (χ0) is 23.0. The van der Waals surface area contributed by atoms with Crippen LogP contribution in [0.5, 0.6) is 17.2 Å². The summed E-state index contributed by atoms with van der Waals surface area (Å²) in [6, 6.07) is 1.63. The summed E-state index contributed by atoms with van der Waals surface area (Å²) < 4.78 is 26.5. The molecule has 1 unspecified atom stereocenters. The van der Waals surface area contributed by atoms with Crippen molar-refractivity contribution in [3.63, 3.8) is 0 Å². The van der Waals surface area contributed by atoms with E-state index in [1.165, 1.54) is 53.8 Å². The van der Waals surface area contributed by atoms with Gasteiger partial charge in [-0.25, -0.2) is 0 Å². The van der Waals surface area contributed by atoms with Gasteiger partial charge >= 0.3 is 11.9 Å². The van der Waals surface area contributed by atoms with E-state index in [2.05, 4.69) is 0 Å². The highest BCUT2D eigenvalue weighted by atomic mass is 16.5. The number of esters is 2. The van der Waals surface area contributed by atoms with Crippen LogP contribution in [0.25, 0.3) is 0 Å². The highest BCUT2D eigenvalue weighted by Crippen LogP contribution is 2.57. The van der Waals surface area contributed by atoms with Crippen LogP contribution < -0.4 is 14.2 Å². The number of carbonyl (C=O) groups excluding carboxylic acids is 3. The summed E-state index contributed by atoms with van der Waals surface area (Å²) in [6.07, 6.45) is 3.80. The Bertz CT molecular complexity index is 989. The number of rotatable bonds is 5. The molecule has 2 aliphatic rings. The minimum atomic E-state index is -1.73. The molecule has 0 fully saturated rings. The Morgan fingerprint density at radius 2 is 1.58 bits per heavy atom. The van der Waals surface area contributed by atoms with Crippen LogP contribution in [0.4, 0.5) is 0 Å². The third-order valence-electron chi connectivity index (χ3n) is 5.79. The van der Waals surface area contributed by atoms with Gasteiger partial charge < -0.3 is 28.8 Å². The molecule has 1 N–H and O–H groups in total. The van der Waals surface area contributed by atoms with E-state index < -0.39 is 34.3 Å². The number of hydrogen-bond donors (Lipinski definition) is 1. The van der Waals surface area contributed by atoms with Gasteiger partial charge in [0.15, 0.2) is 22.7 Å². The van der Waals surface area contributed by atoms with Gasteiger partial charge in [0.05, 0.1) is 35.5 Å². The third kappa shape index (κ3) is 3.20. The molecule has 0 bridgehead atoms. The van der Waals surface area contributed by atoms with Gasteiger partial charge in [-0.1, -0.05) is 6.08 Å². The quantitative estimate of drug-likeness (QED) is 0.549. The zero-order valence-corrected chi connectivity index (χ0v) is 17.9. The molecule has 9 heteroatoms. The van der Waals surface area contributed by atoms with E-state index in [9.17, 15) is 19.5 Å². The summed E-state index contributed by atoms with van der Waals surface area (Å²) in [5.41, 5.74) is -1.95. The Hall–Kier alpha value is -3.49. The number of carbonyl (C=O) groups is 3. The lowest BCUT2D eigenvalue weighted by molar-refractivity contribution is -0.171. The molecule has 0 aliphatic heterocycles. The van der Waals surface area contributed by atoms with E-state index in [1.54, 1.807) is 6.07 Å². The fraction of sp³-hybridized carbons (Fsp3) is 0.409. The molecule has 0 aromatic heterocycles. The topological polar surface area (TPSA) is 118 Å². The number of benzene rings is 1. The number of allylic oxidation sites excluding steroid dienone is 3. The number of hydrogen-bond acceptors (Lipinski definition) is 9. The molecule has 1 aromatic rings. The molecule has 166 valence electrons. The monoisotopic (exact) mass is 432 g/mol. The molecular weight excluding hydrogens is 408 g/mol. The maximum Gasteiger partial charge on any atom is 0.323 e. The minimum absolute atomic E-state index is 0.0729. The van der Waals surface area contributed by atoms with Crippen molar-refractivity contribution in [2.45, 2.75) is 18.3 Å². The van der Waals surface area contributed by atoms with E-state index in [1.807, 2.05) is 0 Å². The first-order chi connectivity index (χ1) is 14.7. The van der Waals surface area contributed by atoms with Crippen LogP contribution in [0, 0.1) is 5.41 Å². The van der Waals surface area contributed by atoms with Gasteiger partial charge in [0.1, 0.15) is 0 Å². The Morgan fingerprint density at radius 1 is 0.968 bits per heavy atom. The van der Waals surface area contributed by atoms with Crippen molar-refractivity contribution < 1.29 is 43.2 Å². The molecule has 1 atom stereocenters. The zero-order valence-electron chi connectivity index (χ0n) is 17.9. The van der Waals surface area contributed by atoms with Gasteiger partial charge in [-0.3, -0.25) is 14.4 Å². The van der Waals surface area contributed by atoms with Crippen LogP contribution in [0.1, 0.15) is 17.5 Å². The summed E-state index contributed by atoms with van der Waals surface area (Å²) in [4.78, 5) is 37.8. The average molecular weight is 432 g/mol. The van der Waals surface area contributed by atoms with E-state index in [0.717, 1.165) is 0 Å². The summed E-state index contributed by atoms with van der Waals surface area (Å²) in [6.45, 7) is 0. The van der Waals surface area contributed by atoms with Crippen LogP contribution >= 0.6 is 0 Å². The van der Waals surface area contributed by atoms with Crippen molar-refractivity contribution in [2.75, 3.05) is 35.5 Å². The first kappa shape index (κ1) is 22.2. The Labute approximate surface area is 179 Å². The van der Waals surface area contributed by atoms with Crippen molar-refractivity contribution in [3.8, 4) is 17.2 Å². The van der Waals surface area contributed by atoms with Crippen LogP contribution in [-0.2, 0) is 35.7 Å². The number of aliphatic hydroxyl groups is 1. The molecule has 0 saturated carbocycles. The van der Waals surface area contributed by atoms with Gasteiger partial charge in [0.25, 0.3) is 0 Å². The van der Waals surface area contributed by atoms with Gasteiger partial charge in [0.2, 0.25) is 11.5 Å². The van der Waals surface area contributed by atoms with Crippen molar-refractivity contribution in [1.29, 1.82) is 0 Å². The lowest BCUT2D eigenvalue weighted by Gasteiger charge is -2.44.